The van der Waals surface area contributed by atoms with Gasteiger partial charge in [0.25, 0.3) is 0 Å². The van der Waals surface area contributed by atoms with Crippen molar-refractivity contribution in [2.45, 2.75) is 26.2 Å². The second kappa shape index (κ2) is 4.19. The first kappa shape index (κ1) is 11.9. The molecule has 0 N–H and O–H groups in total. The van der Waals surface area contributed by atoms with E-state index in [0.29, 0.717) is 0 Å². The molecular formula is C16H17N3. The first-order chi connectivity index (χ1) is 9.07. The monoisotopic (exact) mass is 251 g/mol. The summed E-state index contributed by atoms with van der Waals surface area (Å²) in [5, 5.41) is 0. The van der Waals surface area contributed by atoms with Gasteiger partial charge in [-0.3, -0.25) is 4.98 Å². The van der Waals surface area contributed by atoms with Gasteiger partial charge in [-0.1, -0.05) is 32.9 Å². The summed E-state index contributed by atoms with van der Waals surface area (Å²) >= 11 is 0. The van der Waals surface area contributed by atoms with Crippen LogP contribution in [0.3, 0.4) is 0 Å². The van der Waals surface area contributed by atoms with Crippen molar-refractivity contribution in [1.29, 1.82) is 0 Å². The van der Waals surface area contributed by atoms with Crippen LogP contribution < -0.4 is 0 Å². The molecule has 19 heavy (non-hydrogen) atoms. The van der Waals surface area contributed by atoms with Crippen LogP contribution in [0.15, 0.2) is 48.8 Å². The quantitative estimate of drug-likeness (QED) is 0.660. The molecule has 0 aromatic carbocycles. The van der Waals surface area contributed by atoms with Crippen molar-refractivity contribution in [3.63, 3.8) is 0 Å². The molecule has 3 heteroatoms. The lowest BCUT2D eigenvalue weighted by atomic mass is 9.96. The minimum absolute atomic E-state index is 0.00268. The summed E-state index contributed by atoms with van der Waals surface area (Å²) in [6.45, 7) is 6.53. The molecule has 96 valence electrons. The summed E-state index contributed by atoms with van der Waals surface area (Å²) in [7, 11) is 0. The Balaban J connectivity index is 2.33. The van der Waals surface area contributed by atoms with Crippen LogP contribution in [-0.4, -0.2) is 14.4 Å². The fourth-order valence-electron chi connectivity index (χ4n) is 2.26. The molecular weight excluding hydrogens is 234 g/mol. The second-order valence-electron chi connectivity index (χ2n) is 5.70. The molecule has 0 bridgehead atoms. The molecule has 0 aliphatic rings. The maximum absolute atomic E-state index is 4.83. The Kier molecular flexibility index (Phi) is 2.63. The average Bonchev–Trinajstić information content (AvgIpc) is 2.79. The molecule has 0 fully saturated rings. The molecule has 3 aromatic heterocycles. The Morgan fingerprint density at radius 2 is 1.79 bits per heavy atom. The van der Waals surface area contributed by atoms with Crippen LogP contribution in [-0.2, 0) is 5.41 Å². The number of nitrogens with zero attached hydrogens (tertiary/aromatic N) is 3. The van der Waals surface area contributed by atoms with E-state index in [9.17, 15) is 0 Å². The van der Waals surface area contributed by atoms with E-state index in [1.54, 1.807) is 6.20 Å². The molecule has 3 nitrogen and oxygen atoms in total. The topological polar surface area (TPSA) is 30.2 Å². The van der Waals surface area contributed by atoms with Gasteiger partial charge in [0.1, 0.15) is 11.5 Å². The number of rotatable bonds is 1. The molecule has 0 atom stereocenters. The van der Waals surface area contributed by atoms with E-state index in [-0.39, 0.29) is 5.41 Å². The molecule has 0 radical (unpaired) electrons. The normalized spacial score (nSPS) is 11.9. The van der Waals surface area contributed by atoms with Crippen molar-refractivity contribution in [3.8, 4) is 11.4 Å². The first-order valence-electron chi connectivity index (χ1n) is 6.46. The van der Waals surface area contributed by atoms with Crippen LogP contribution in [0.5, 0.6) is 0 Å². The van der Waals surface area contributed by atoms with E-state index in [1.165, 1.54) is 0 Å². The average molecular weight is 251 g/mol. The molecule has 0 aliphatic heterocycles. The highest BCUT2D eigenvalue weighted by Gasteiger charge is 2.22. The van der Waals surface area contributed by atoms with E-state index in [0.717, 1.165) is 22.7 Å². The Hall–Kier alpha value is -2.16. The highest BCUT2D eigenvalue weighted by atomic mass is 15.0. The lowest BCUT2D eigenvalue weighted by Crippen LogP contribution is -2.15. The first-order valence-corrected chi connectivity index (χ1v) is 6.46. The summed E-state index contributed by atoms with van der Waals surface area (Å²) in [6, 6.07) is 12.1. The van der Waals surface area contributed by atoms with E-state index < -0.39 is 0 Å². The molecule has 0 unspecified atom stereocenters. The molecule has 0 spiro atoms. The minimum atomic E-state index is -0.00268. The Morgan fingerprint density at radius 1 is 1.00 bits per heavy atom. The number of imidazole rings is 1. The van der Waals surface area contributed by atoms with Gasteiger partial charge in [0.15, 0.2) is 0 Å². The van der Waals surface area contributed by atoms with Crippen molar-refractivity contribution in [3.05, 3.63) is 54.6 Å². The van der Waals surface area contributed by atoms with Crippen LogP contribution in [0.2, 0.25) is 0 Å². The molecule has 3 heterocycles. The van der Waals surface area contributed by atoms with Gasteiger partial charge in [-0.25, -0.2) is 4.98 Å². The number of pyridine rings is 2. The third-order valence-corrected chi connectivity index (χ3v) is 3.13. The third kappa shape index (κ3) is 2.01. The highest BCUT2D eigenvalue weighted by Crippen LogP contribution is 2.29. The molecule has 0 saturated carbocycles. The fourth-order valence-corrected chi connectivity index (χ4v) is 2.26. The maximum Gasteiger partial charge on any atom is 0.119 e. The second-order valence-corrected chi connectivity index (χ2v) is 5.70. The van der Waals surface area contributed by atoms with Gasteiger partial charge in [0.2, 0.25) is 0 Å². The zero-order chi connectivity index (χ0) is 13.5. The van der Waals surface area contributed by atoms with Gasteiger partial charge in [0, 0.05) is 17.8 Å². The van der Waals surface area contributed by atoms with E-state index in [2.05, 4.69) is 42.4 Å². The summed E-state index contributed by atoms with van der Waals surface area (Å²) in [4.78, 5) is 9.25. The summed E-state index contributed by atoms with van der Waals surface area (Å²) in [5.74, 6) is 1.06. The Morgan fingerprint density at radius 3 is 2.47 bits per heavy atom. The Bertz CT molecular complexity index is 706. The van der Waals surface area contributed by atoms with Crippen molar-refractivity contribution >= 4 is 5.52 Å². The lowest BCUT2D eigenvalue weighted by molar-refractivity contribution is 0.543. The molecule has 0 amide bonds. The lowest BCUT2D eigenvalue weighted by Gasteiger charge is -2.16. The van der Waals surface area contributed by atoms with E-state index >= 15 is 0 Å². The van der Waals surface area contributed by atoms with Crippen LogP contribution in [0.1, 0.15) is 26.6 Å². The fraction of sp³-hybridized carbons (Fsp3) is 0.250. The standard InChI is InChI=1S/C16H17N3/c1-16(2,3)15-18-14(12-8-4-6-10-17-12)13-9-5-7-11-19(13)15/h4-11H,1-3H3. The molecule has 3 rings (SSSR count). The number of hydrogen-bond donors (Lipinski definition) is 0. The maximum atomic E-state index is 4.83. The van der Waals surface area contributed by atoms with Crippen LogP contribution >= 0.6 is 0 Å². The summed E-state index contributed by atoms with van der Waals surface area (Å²) < 4.78 is 2.16. The van der Waals surface area contributed by atoms with E-state index in [1.807, 2.05) is 30.3 Å². The van der Waals surface area contributed by atoms with Gasteiger partial charge < -0.3 is 4.40 Å². The largest absolute Gasteiger partial charge is 0.303 e. The van der Waals surface area contributed by atoms with Gasteiger partial charge in [0.05, 0.1) is 11.2 Å². The summed E-state index contributed by atoms with van der Waals surface area (Å²) in [5.41, 5.74) is 2.97. The molecule has 3 aromatic rings. The third-order valence-electron chi connectivity index (χ3n) is 3.13. The number of aromatic nitrogens is 3. The number of fused-ring (bicyclic) bond motifs is 1. The molecule has 0 saturated heterocycles. The number of hydrogen-bond acceptors (Lipinski definition) is 2. The SMILES string of the molecule is CC(C)(C)c1nc(-c2ccccn2)c2ccccn12. The minimum Gasteiger partial charge on any atom is -0.303 e. The van der Waals surface area contributed by atoms with Crippen molar-refractivity contribution in [2.24, 2.45) is 0 Å². The van der Waals surface area contributed by atoms with Crippen molar-refractivity contribution in [2.75, 3.05) is 0 Å². The van der Waals surface area contributed by atoms with Gasteiger partial charge in [-0.05, 0) is 24.3 Å². The van der Waals surface area contributed by atoms with Crippen LogP contribution in [0, 0.1) is 0 Å². The van der Waals surface area contributed by atoms with Crippen molar-refractivity contribution < 1.29 is 0 Å². The zero-order valence-electron chi connectivity index (χ0n) is 11.5. The molecule has 0 aliphatic carbocycles. The van der Waals surface area contributed by atoms with Crippen LogP contribution in [0.4, 0.5) is 0 Å². The Labute approximate surface area is 113 Å². The van der Waals surface area contributed by atoms with Crippen molar-refractivity contribution in [1.82, 2.24) is 14.4 Å². The predicted octanol–water partition coefficient (Wildman–Crippen LogP) is 3.69. The van der Waals surface area contributed by atoms with Gasteiger partial charge in [-0.2, -0.15) is 0 Å². The van der Waals surface area contributed by atoms with E-state index in [4.69, 9.17) is 4.98 Å². The van der Waals surface area contributed by atoms with Gasteiger partial charge in [-0.15, -0.1) is 0 Å². The zero-order valence-corrected chi connectivity index (χ0v) is 11.5. The highest BCUT2D eigenvalue weighted by molar-refractivity contribution is 5.75. The van der Waals surface area contributed by atoms with Gasteiger partial charge >= 0.3 is 0 Å². The summed E-state index contributed by atoms with van der Waals surface area (Å²) in [6.07, 6.45) is 3.87. The van der Waals surface area contributed by atoms with Crippen LogP contribution in [0.25, 0.3) is 16.9 Å². The smallest absolute Gasteiger partial charge is 0.119 e. The predicted molar refractivity (Wildman–Crippen MR) is 77.1 cm³/mol.